The SMILES string of the molecule is O=C(CCCn1ccnc1-c1cccs1)c1ccccc1. The van der Waals surface area contributed by atoms with Gasteiger partial charge in [-0.2, -0.15) is 0 Å². The maximum atomic E-state index is 12.1. The Labute approximate surface area is 127 Å². The molecule has 4 heteroatoms. The van der Waals surface area contributed by atoms with Crippen LogP contribution in [0.15, 0.2) is 60.2 Å². The third-order valence-electron chi connectivity index (χ3n) is 3.36. The van der Waals surface area contributed by atoms with Crippen LogP contribution in [0.1, 0.15) is 23.2 Å². The first-order valence-corrected chi connectivity index (χ1v) is 7.86. The van der Waals surface area contributed by atoms with E-state index in [-0.39, 0.29) is 5.78 Å². The number of ketones is 1. The average molecular weight is 296 g/mol. The minimum Gasteiger partial charge on any atom is -0.330 e. The Morgan fingerprint density at radius 1 is 1.14 bits per heavy atom. The predicted molar refractivity (Wildman–Crippen MR) is 85.5 cm³/mol. The molecule has 0 saturated carbocycles. The van der Waals surface area contributed by atoms with Gasteiger partial charge in [-0.3, -0.25) is 4.79 Å². The van der Waals surface area contributed by atoms with E-state index in [9.17, 15) is 4.79 Å². The Morgan fingerprint density at radius 3 is 2.76 bits per heavy atom. The van der Waals surface area contributed by atoms with Gasteiger partial charge in [-0.15, -0.1) is 11.3 Å². The monoisotopic (exact) mass is 296 g/mol. The van der Waals surface area contributed by atoms with Crippen molar-refractivity contribution in [3.63, 3.8) is 0 Å². The predicted octanol–water partition coefficient (Wildman–Crippen LogP) is 4.27. The quantitative estimate of drug-likeness (QED) is 0.636. The number of hydrogen-bond donors (Lipinski definition) is 0. The fraction of sp³-hybridized carbons (Fsp3) is 0.176. The van der Waals surface area contributed by atoms with Crippen molar-refractivity contribution in [3.8, 4) is 10.7 Å². The third-order valence-corrected chi connectivity index (χ3v) is 4.22. The highest BCUT2D eigenvalue weighted by Crippen LogP contribution is 2.23. The van der Waals surface area contributed by atoms with Crippen LogP contribution in [-0.4, -0.2) is 15.3 Å². The Bertz CT molecular complexity index is 701. The maximum Gasteiger partial charge on any atom is 0.162 e. The molecule has 106 valence electrons. The molecule has 0 atom stereocenters. The highest BCUT2D eigenvalue weighted by molar-refractivity contribution is 7.13. The standard InChI is InChI=1S/C17H16N2OS/c20-15(14-6-2-1-3-7-14)8-4-11-19-12-10-18-17(19)16-9-5-13-21-16/h1-3,5-7,9-10,12-13H,4,8,11H2. The third kappa shape index (κ3) is 3.28. The van der Waals surface area contributed by atoms with Gasteiger partial charge in [-0.25, -0.2) is 4.98 Å². The number of rotatable bonds is 6. The number of hydrogen-bond acceptors (Lipinski definition) is 3. The van der Waals surface area contributed by atoms with Gasteiger partial charge < -0.3 is 4.57 Å². The molecule has 0 amide bonds. The number of nitrogens with zero attached hydrogens (tertiary/aromatic N) is 2. The molecule has 3 aromatic rings. The molecule has 0 spiro atoms. The number of aryl methyl sites for hydroxylation is 1. The van der Waals surface area contributed by atoms with Crippen molar-refractivity contribution < 1.29 is 4.79 Å². The van der Waals surface area contributed by atoms with Gasteiger partial charge in [-0.05, 0) is 17.9 Å². The van der Waals surface area contributed by atoms with Gasteiger partial charge in [0.2, 0.25) is 0 Å². The first-order valence-electron chi connectivity index (χ1n) is 6.98. The highest BCUT2D eigenvalue weighted by atomic mass is 32.1. The summed E-state index contributed by atoms with van der Waals surface area (Å²) >= 11 is 1.68. The molecule has 0 aliphatic rings. The Balaban J connectivity index is 1.59. The summed E-state index contributed by atoms with van der Waals surface area (Å²) in [5.74, 6) is 1.19. The van der Waals surface area contributed by atoms with Gasteiger partial charge in [-0.1, -0.05) is 36.4 Å². The van der Waals surface area contributed by atoms with Crippen molar-refractivity contribution in [3.05, 3.63) is 65.8 Å². The fourth-order valence-corrected chi connectivity index (χ4v) is 3.04. The zero-order valence-electron chi connectivity index (χ0n) is 11.6. The van der Waals surface area contributed by atoms with E-state index in [1.54, 1.807) is 11.3 Å². The lowest BCUT2D eigenvalue weighted by Gasteiger charge is -2.06. The van der Waals surface area contributed by atoms with Gasteiger partial charge in [0.15, 0.2) is 5.78 Å². The summed E-state index contributed by atoms with van der Waals surface area (Å²) in [6.07, 6.45) is 5.17. The summed E-state index contributed by atoms with van der Waals surface area (Å²) in [4.78, 5) is 17.6. The second kappa shape index (κ2) is 6.50. The zero-order valence-corrected chi connectivity index (χ0v) is 12.4. The lowest BCUT2D eigenvalue weighted by atomic mass is 10.1. The number of benzene rings is 1. The second-order valence-corrected chi connectivity index (χ2v) is 5.76. The maximum absolute atomic E-state index is 12.1. The summed E-state index contributed by atoms with van der Waals surface area (Å²) in [5.41, 5.74) is 0.793. The lowest BCUT2D eigenvalue weighted by molar-refractivity contribution is 0.0978. The van der Waals surface area contributed by atoms with E-state index in [2.05, 4.69) is 15.6 Å². The summed E-state index contributed by atoms with van der Waals surface area (Å²) < 4.78 is 2.12. The first-order chi connectivity index (χ1) is 10.3. The summed E-state index contributed by atoms with van der Waals surface area (Å²) in [7, 11) is 0. The fourth-order valence-electron chi connectivity index (χ4n) is 2.30. The van der Waals surface area contributed by atoms with E-state index in [1.165, 1.54) is 0 Å². The highest BCUT2D eigenvalue weighted by Gasteiger charge is 2.08. The second-order valence-electron chi connectivity index (χ2n) is 4.81. The minimum absolute atomic E-state index is 0.202. The van der Waals surface area contributed by atoms with Crippen LogP contribution in [0.5, 0.6) is 0 Å². The molecular weight excluding hydrogens is 280 g/mol. The molecule has 0 aliphatic carbocycles. The largest absolute Gasteiger partial charge is 0.330 e. The van der Waals surface area contributed by atoms with Crippen molar-refractivity contribution >= 4 is 17.1 Å². The molecule has 0 fully saturated rings. The summed E-state index contributed by atoms with van der Waals surface area (Å²) in [6, 6.07) is 13.6. The molecule has 2 aromatic heterocycles. The van der Waals surface area contributed by atoms with Crippen LogP contribution in [0, 0.1) is 0 Å². The molecule has 2 heterocycles. The Morgan fingerprint density at radius 2 is 2.00 bits per heavy atom. The van der Waals surface area contributed by atoms with Crippen LogP contribution in [0.2, 0.25) is 0 Å². The van der Waals surface area contributed by atoms with Crippen LogP contribution in [0.3, 0.4) is 0 Å². The van der Waals surface area contributed by atoms with Crippen molar-refractivity contribution in [2.45, 2.75) is 19.4 Å². The van der Waals surface area contributed by atoms with Crippen molar-refractivity contribution in [1.29, 1.82) is 0 Å². The summed E-state index contributed by atoms with van der Waals surface area (Å²) in [5, 5.41) is 2.05. The lowest BCUT2D eigenvalue weighted by Crippen LogP contribution is -2.03. The van der Waals surface area contributed by atoms with E-state index < -0.39 is 0 Å². The molecule has 0 radical (unpaired) electrons. The molecular formula is C17H16N2OS. The molecule has 3 rings (SSSR count). The van der Waals surface area contributed by atoms with Crippen LogP contribution in [0.25, 0.3) is 10.7 Å². The van der Waals surface area contributed by atoms with Crippen molar-refractivity contribution in [1.82, 2.24) is 9.55 Å². The normalized spacial score (nSPS) is 10.7. The first kappa shape index (κ1) is 13.8. The topological polar surface area (TPSA) is 34.9 Å². The van der Waals surface area contributed by atoms with Crippen LogP contribution < -0.4 is 0 Å². The molecule has 0 N–H and O–H groups in total. The van der Waals surface area contributed by atoms with Crippen LogP contribution in [-0.2, 0) is 6.54 Å². The van der Waals surface area contributed by atoms with E-state index in [0.717, 1.165) is 29.2 Å². The molecule has 0 bridgehead atoms. The van der Waals surface area contributed by atoms with Crippen molar-refractivity contribution in [2.75, 3.05) is 0 Å². The molecule has 1 aromatic carbocycles. The molecule has 0 aliphatic heterocycles. The zero-order chi connectivity index (χ0) is 14.5. The number of aromatic nitrogens is 2. The van der Waals surface area contributed by atoms with Gasteiger partial charge in [0.25, 0.3) is 0 Å². The van der Waals surface area contributed by atoms with Gasteiger partial charge in [0.05, 0.1) is 4.88 Å². The van der Waals surface area contributed by atoms with Gasteiger partial charge in [0.1, 0.15) is 5.82 Å². The van der Waals surface area contributed by atoms with E-state index in [0.29, 0.717) is 6.42 Å². The number of thiophene rings is 1. The molecule has 21 heavy (non-hydrogen) atoms. The molecule has 3 nitrogen and oxygen atoms in total. The molecule has 0 saturated heterocycles. The summed E-state index contributed by atoms with van der Waals surface area (Å²) in [6.45, 7) is 0.811. The van der Waals surface area contributed by atoms with Crippen LogP contribution >= 0.6 is 11.3 Å². The molecule has 0 unspecified atom stereocenters. The Kier molecular flexibility index (Phi) is 4.26. The van der Waals surface area contributed by atoms with E-state index in [1.807, 2.05) is 54.2 Å². The van der Waals surface area contributed by atoms with E-state index in [4.69, 9.17) is 0 Å². The van der Waals surface area contributed by atoms with Gasteiger partial charge >= 0.3 is 0 Å². The van der Waals surface area contributed by atoms with E-state index >= 15 is 0 Å². The van der Waals surface area contributed by atoms with Crippen molar-refractivity contribution in [2.24, 2.45) is 0 Å². The number of Topliss-reactive ketones (excluding diaryl/α,β-unsaturated/α-hetero) is 1. The minimum atomic E-state index is 0.202. The number of imidazole rings is 1. The Hall–Kier alpha value is -2.20. The number of carbonyl (C=O) groups is 1. The van der Waals surface area contributed by atoms with Crippen LogP contribution in [0.4, 0.5) is 0 Å². The van der Waals surface area contributed by atoms with Gasteiger partial charge in [0, 0.05) is 30.9 Å². The average Bonchev–Trinajstić information content (AvgIpc) is 3.18. The number of carbonyl (C=O) groups excluding carboxylic acids is 1. The smallest absolute Gasteiger partial charge is 0.162 e.